The van der Waals surface area contributed by atoms with Crippen molar-refractivity contribution in [2.24, 2.45) is 0 Å². The van der Waals surface area contributed by atoms with Crippen LogP contribution in [0.2, 0.25) is 5.02 Å². The predicted octanol–water partition coefficient (Wildman–Crippen LogP) is 5.63. The lowest BCUT2D eigenvalue weighted by Gasteiger charge is -2.10. The van der Waals surface area contributed by atoms with Crippen LogP contribution in [0.15, 0.2) is 72.8 Å². The first-order valence-electron chi connectivity index (χ1n) is 8.43. The van der Waals surface area contributed by atoms with Gasteiger partial charge in [0.15, 0.2) is 11.5 Å². The van der Waals surface area contributed by atoms with Crippen LogP contribution in [0, 0.1) is 11.3 Å². The van der Waals surface area contributed by atoms with Crippen LogP contribution in [0.4, 0.5) is 0 Å². The van der Waals surface area contributed by atoms with E-state index in [2.05, 4.69) is 6.07 Å². The Morgan fingerprint density at radius 3 is 2.32 bits per heavy atom. The smallest absolute Gasteiger partial charge is 0.343 e. The number of carbonyl (C=O) groups excluding carboxylic acids is 1. The van der Waals surface area contributed by atoms with E-state index < -0.39 is 5.97 Å². The van der Waals surface area contributed by atoms with Crippen molar-refractivity contribution in [1.82, 2.24) is 0 Å². The molecule has 0 aliphatic heterocycles. The highest BCUT2D eigenvalue weighted by Crippen LogP contribution is 2.30. The molecule has 28 heavy (non-hydrogen) atoms. The number of nitriles is 1. The molecule has 3 aromatic carbocycles. The van der Waals surface area contributed by atoms with E-state index in [-0.39, 0.29) is 5.75 Å². The number of hydrogen-bond donors (Lipinski definition) is 0. The van der Waals surface area contributed by atoms with Crippen molar-refractivity contribution in [2.75, 3.05) is 7.11 Å². The first-order chi connectivity index (χ1) is 13.6. The fourth-order valence-corrected chi connectivity index (χ4v) is 2.69. The predicted molar refractivity (Wildman–Crippen MR) is 109 cm³/mol. The average molecular weight is 390 g/mol. The Hall–Kier alpha value is -3.55. The third-order valence-corrected chi connectivity index (χ3v) is 4.24. The summed E-state index contributed by atoms with van der Waals surface area (Å²) in [6, 6.07) is 23.1. The van der Waals surface area contributed by atoms with Crippen LogP contribution in [0.25, 0.3) is 11.6 Å². The van der Waals surface area contributed by atoms with Crippen molar-refractivity contribution in [2.45, 2.75) is 0 Å². The van der Waals surface area contributed by atoms with Gasteiger partial charge in [0.05, 0.1) is 24.3 Å². The second-order valence-electron chi connectivity index (χ2n) is 5.84. The molecule has 0 radical (unpaired) electrons. The van der Waals surface area contributed by atoms with Crippen LogP contribution >= 0.6 is 11.6 Å². The molecule has 3 aromatic rings. The van der Waals surface area contributed by atoms with Crippen molar-refractivity contribution < 1.29 is 14.3 Å². The van der Waals surface area contributed by atoms with Crippen molar-refractivity contribution in [3.63, 3.8) is 0 Å². The third-order valence-electron chi connectivity index (χ3n) is 3.99. The summed E-state index contributed by atoms with van der Waals surface area (Å²) in [6.07, 6.45) is 1.75. The van der Waals surface area contributed by atoms with Gasteiger partial charge in [-0.25, -0.2) is 4.79 Å². The molecule has 0 atom stereocenters. The van der Waals surface area contributed by atoms with Gasteiger partial charge in [-0.1, -0.05) is 48.0 Å². The van der Waals surface area contributed by atoms with Gasteiger partial charge in [0.25, 0.3) is 0 Å². The molecule has 0 spiro atoms. The number of ether oxygens (including phenoxy) is 2. The highest BCUT2D eigenvalue weighted by atomic mass is 35.5. The van der Waals surface area contributed by atoms with Gasteiger partial charge in [0, 0.05) is 5.02 Å². The van der Waals surface area contributed by atoms with Crippen LogP contribution < -0.4 is 9.47 Å². The van der Waals surface area contributed by atoms with E-state index >= 15 is 0 Å². The second-order valence-corrected chi connectivity index (χ2v) is 6.28. The number of benzene rings is 3. The van der Waals surface area contributed by atoms with E-state index in [4.69, 9.17) is 21.1 Å². The molecule has 0 unspecified atom stereocenters. The molecule has 0 fully saturated rings. The summed E-state index contributed by atoms with van der Waals surface area (Å²) in [5.74, 6) is 0.166. The van der Waals surface area contributed by atoms with E-state index in [1.807, 2.05) is 30.3 Å². The number of halogens is 1. The monoisotopic (exact) mass is 389 g/mol. The van der Waals surface area contributed by atoms with Crippen LogP contribution in [0.3, 0.4) is 0 Å². The average Bonchev–Trinajstić information content (AvgIpc) is 2.74. The lowest BCUT2D eigenvalue weighted by Crippen LogP contribution is -2.09. The van der Waals surface area contributed by atoms with Gasteiger partial charge in [0.2, 0.25) is 0 Å². The quantitative estimate of drug-likeness (QED) is 0.245. The van der Waals surface area contributed by atoms with Crippen molar-refractivity contribution >= 4 is 29.2 Å². The second kappa shape index (κ2) is 8.90. The molecule has 0 heterocycles. The highest BCUT2D eigenvalue weighted by molar-refractivity contribution is 6.30. The zero-order chi connectivity index (χ0) is 19.9. The Morgan fingerprint density at radius 1 is 0.964 bits per heavy atom. The molecule has 0 saturated heterocycles. The molecule has 5 heteroatoms. The molecular weight excluding hydrogens is 374 g/mol. The van der Waals surface area contributed by atoms with Crippen molar-refractivity contribution in [3.8, 4) is 17.6 Å². The van der Waals surface area contributed by atoms with E-state index in [0.29, 0.717) is 21.9 Å². The lowest BCUT2D eigenvalue weighted by atomic mass is 10.0. The summed E-state index contributed by atoms with van der Waals surface area (Å²) >= 11 is 5.84. The van der Waals surface area contributed by atoms with Gasteiger partial charge >= 0.3 is 5.97 Å². The molecule has 0 bridgehead atoms. The minimum atomic E-state index is -0.514. The molecule has 0 saturated carbocycles. The van der Waals surface area contributed by atoms with E-state index in [0.717, 1.165) is 11.1 Å². The molecule has 138 valence electrons. The summed E-state index contributed by atoms with van der Waals surface area (Å²) in [6.45, 7) is 0. The molecule has 0 amide bonds. The summed E-state index contributed by atoms with van der Waals surface area (Å²) < 4.78 is 10.8. The number of rotatable bonds is 5. The van der Waals surface area contributed by atoms with Crippen LogP contribution in [0.1, 0.15) is 21.5 Å². The Bertz CT molecular complexity index is 1050. The number of esters is 1. The van der Waals surface area contributed by atoms with Crippen LogP contribution in [-0.4, -0.2) is 13.1 Å². The van der Waals surface area contributed by atoms with E-state index in [1.54, 1.807) is 48.5 Å². The Morgan fingerprint density at radius 2 is 1.68 bits per heavy atom. The molecule has 3 rings (SSSR count). The van der Waals surface area contributed by atoms with Gasteiger partial charge < -0.3 is 9.47 Å². The lowest BCUT2D eigenvalue weighted by molar-refractivity contribution is 0.0729. The largest absolute Gasteiger partial charge is 0.493 e. The number of hydrogen-bond acceptors (Lipinski definition) is 4. The number of nitrogens with zero attached hydrogens (tertiary/aromatic N) is 1. The zero-order valence-corrected chi connectivity index (χ0v) is 15.8. The maximum absolute atomic E-state index is 12.3. The van der Waals surface area contributed by atoms with E-state index in [1.165, 1.54) is 7.11 Å². The van der Waals surface area contributed by atoms with Gasteiger partial charge in [0.1, 0.15) is 0 Å². The maximum Gasteiger partial charge on any atom is 0.343 e. The minimum absolute atomic E-state index is 0.290. The Labute approximate surface area is 168 Å². The van der Waals surface area contributed by atoms with Gasteiger partial charge in [-0.05, 0) is 53.6 Å². The molecule has 0 N–H and O–H groups in total. The molecule has 4 nitrogen and oxygen atoms in total. The van der Waals surface area contributed by atoms with Crippen molar-refractivity contribution in [1.29, 1.82) is 5.26 Å². The van der Waals surface area contributed by atoms with Gasteiger partial charge in [-0.2, -0.15) is 5.26 Å². The fraction of sp³-hybridized carbons (Fsp3) is 0.0435. The minimum Gasteiger partial charge on any atom is -0.493 e. The Balaban J connectivity index is 1.86. The fourth-order valence-electron chi connectivity index (χ4n) is 2.57. The van der Waals surface area contributed by atoms with Crippen LogP contribution in [0.5, 0.6) is 11.5 Å². The first-order valence-corrected chi connectivity index (χ1v) is 8.81. The SMILES string of the molecule is COc1cc(/C=C(\C#N)c2ccccc2)ccc1OC(=O)c1ccc(Cl)cc1. The third kappa shape index (κ3) is 4.59. The molecule has 0 aromatic heterocycles. The van der Waals surface area contributed by atoms with Crippen LogP contribution in [-0.2, 0) is 0 Å². The summed E-state index contributed by atoms with van der Waals surface area (Å²) in [5.41, 5.74) is 2.48. The van der Waals surface area contributed by atoms with Gasteiger partial charge in [-0.15, -0.1) is 0 Å². The molecular formula is C23H16ClNO3. The molecule has 0 aliphatic rings. The standard InChI is InChI=1S/C23H16ClNO3/c1-27-22-14-16(13-19(15-25)17-5-3-2-4-6-17)7-12-21(22)28-23(26)18-8-10-20(24)11-9-18/h2-14H,1H3/b19-13+. The normalized spacial score (nSPS) is 10.8. The molecule has 0 aliphatic carbocycles. The summed E-state index contributed by atoms with van der Waals surface area (Å²) in [7, 11) is 1.49. The zero-order valence-electron chi connectivity index (χ0n) is 15.1. The summed E-state index contributed by atoms with van der Waals surface area (Å²) in [5, 5.41) is 10.00. The summed E-state index contributed by atoms with van der Waals surface area (Å²) in [4.78, 5) is 12.3. The number of methoxy groups -OCH3 is 1. The topological polar surface area (TPSA) is 59.3 Å². The van der Waals surface area contributed by atoms with Gasteiger partial charge in [-0.3, -0.25) is 0 Å². The Kier molecular flexibility index (Phi) is 6.11. The number of allylic oxidation sites excluding steroid dienone is 1. The van der Waals surface area contributed by atoms with Crippen molar-refractivity contribution in [3.05, 3.63) is 94.5 Å². The highest BCUT2D eigenvalue weighted by Gasteiger charge is 2.13. The number of carbonyl (C=O) groups is 1. The maximum atomic E-state index is 12.3. The first kappa shape index (κ1) is 19.2. The van der Waals surface area contributed by atoms with E-state index in [9.17, 15) is 10.1 Å².